The molecule has 1 aliphatic carbocycles. The fraction of sp³-hybridized carbons (Fsp3) is 0.261. The number of hydrogen-bond donors (Lipinski definition) is 3. The van der Waals surface area contributed by atoms with Crippen LogP contribution in [-0.2, 0) is 0 Å². The van der Waals surface area contributed by atoms with Crippen molar-refractivity contribution in [2.45, 2.75) is 30.5 Å². The second-order valence-corrected chi connectivity index (χ2v) is 7.97. The van der Waals surface area contributed by atoms with Gasteiger partial charge < -0.3 is 10.4 Å². The maximum absolute atomic E-state index is 11.9. The molecule has 1 aromatic heterocycles. The van der Waals surface area contributed by atoms with Crippen molar-refractivity contribution in [1.29, 1.82) is 15.9 Å². The van der Waals surface area contributed by atoms with E-state index in [0.717, 1.165) is 18.4 Å². The minimum absolute atomic E-state index is 0.0501. The lowest BCUT2D eigenvalue weighted by Gasteiger charge is -2.43. The largest absolute Gasteiger partial charge is 0.365 e. The Morgan fingerprint density at radius 3 is 2.37 bits per heavy atom. The molecule has 3 atom stereocenters. The van der Waals surface area contributed by atoms with E-state index in [9.17, 15) is 15.6 Å². The molecule has 1 saturated carbocycles. The fourth-order valence-corrected chi connectivity index (χ4v) is 4.39. The molecule has 0 radical (unpaired) electrons. The van der Waals surface area contributed by atoms with E-state index in [1.165, 1.54) is 0 Å². The molecule has 0 unspecified atom stereocenters. The van der Waals surface area contributed by atoms with Gasteiger partial charge in [-0.15, -0.1) is 0 Å². The van der Waals surface area contributed by atoms with Crippen LogP contribution in [0, 0.1) is 34.0 Å². The summed E-state index contributed by atoms with van der Waals surface area (Å²) in [5, 5.41) is 42.7. The number of rotatable bonds is 4. The van der Waals surface area contributed by atoms with E-state index in [-0.39, 0.29) is 22.8 Å². The normalized spacial score (nSPS) is 25.5. The van der Waals surface area contributed by atoms with Crippen molar-refractivity contribution in [3.05, 3.63) is 82.3 Å². The maximum Gasteiger partial charge on any atom is 0.216 e. The summed E-state index contributed by atoms with van der Waals surface area (Å²) in [5.74, 6) is 1.51. The van der Waals surface area contributed by atoms with Crippen LogP contribution in [0.1, 0.15) is 30.4 Å². The average Bonchev–Trinajstić information content (AvgIpc) is 3.61. The van der Waals surface area contributed by atoms with Gasteiger partial charge in [-0.3, -0.25) is 5.41 Å². The molecule has 2 aromatic rings. The minimum Gasteiger partial charge on any atom is -0.365 e. The monoisotopic (exact) mass is 416 g/mol. The molecular formula is C23H19ClN5O+. The summed E-state index contributed by atoms with van der Waals surface area (Å²) in [6.07, 6.45) is 5.37. The van der Waals surface area contributed by atoms with Crippen molar-refractivity contribution >= 4 is 17.5 Å². The maximum atomic E-state index is 11.9. The first-order valence-electron chi connectivity index (χ1n) is 9.59. The summed E-state index contributed by atoms with van der Waals surface area (Å²) in [4.78, 5) is 0. The number of hydrogen-bond acceptors (Lipinski definition) is 5. The fourth-order valence-electron chi connectivity index (χ4n) is 4.26. The number of pyridine rings is 1. The number of nitrogens with zero attached hydrogens (tertiary/aromatic N) is 3. The van der Waals surface area contributed by atoms with E-state index >= 15 is 0 Å². The van der Waals surface area contributed by atoms with Crippen molar-refractivity contribution in [2.75, 3.05) is 0 Å². The zero-order valence-electron chi connectivity index (χ0n) is 16.0. The molecule has 2 heterocycles. The molecule has 0 spiro atoms. The SMILES string of the molecule is N#CC(=C=N)C1=C(C#N)[C@@H](c2ccc(Cl)cc2)[C@H]([n+]2ccccc2)[C@@](O)(C2CC2)N1. The number of aromatic nitrogens is 1. The van der Waals surface area contributed by atoms with Gasteiger partial charge in [0.1, 0.15) is 11.6 Å². The predicted molar refractivity (Wildman–Crippen MR) is 110 cm³/mol. The summed E-state index contributed by atoms with van der Waals surface area (Å²) in [7, 11) is 0. The highest BCUT2D eigenvalue weighted by Crippen LogP contribution is 2.52. The van der Waals surface area contributed by atoms with Crippen molar-refractivity contribution < 1.29 is 9.67 Å². The van der Waals surface area contributed by atoms with Crippen LogP contribution in [0.5, 0.6) is 0 Å². The minimum atomic E-state index is -1.41. The summed E-state index contributed by atoms with van der Waals surface area (Å²) in [5.41, 5.74) is -0.290. The van der Waals surface area contributed by atoms with Crippen molar-refractivity contribution in [3.8, 4) is 12.1 Å². The third kappa shape index (κ3) is 3.28. The Hall–Kier alpha value is -3.41. The van der Waals surface area contributed by atoms with Crippen molar-refractivity contribution in [3.63, 3.8) is 0 Å². The van der Waals surface area contributed by atoms with Gasteiger partial charge in [0.2, 0.25) is 11.8 Å². The Bertz CT molecular complexity index is 1130. The second kappa shape index (κ2) is 7.78. The van der Waals surface area contributed by atoms with Gasteiger partial charge in [-0.05, 0) is 36.4 Å². The molecule has 30 heavy (non-hydrogen) atoms. The third-order valence-electron chi connectivity index (χ3n) is 5.77. The Morgan fingerprint density at radius 2 is 1.83 bits per heavy atom. The van der Waals surface area contributed by atoms with Crippen LogP contribution in [0.4, 0.5) is 0 Å². The number of aliphatic hydroxyl groups is 1. The lowest BCUT2D eigenvalue weighted by molar-refractivity contribution is -0.742. The molecule has 3 N–H and O–H groups in total. The van der Waals surface area contributed by atoms with Gasteiger partial charge in [0.05, 0.1) is 23.3 Å². The third-order valence-corrected chi connectivity index (χ3v) is 6.02. The molecular weight excluding hydrogens is 398 g/mol. The first-order valence-corrected chi connectivity index (χ1v) is 9.97. The predicted octanol–water partition coefficient (Wildman–Crippen LogP) is 3.13. The van der Waals surface area contributed by atoms with Gasteiger partial charge in [0.15, 0.2) is 12.4 Å². The molecule has 1 aliphatic heterocycles. The Balaban J connectivity index is 2.03. The number of nitrogens with one attached hydrogen (secondary N) is 2. The van der Waals surface area contributed by atoms with E-state index in [1.807, 2.05) is 53.4 Å². The van der Waals surface area contributed by atoms with Gasteiger partial charge >= 0.3 is 0 Å². The van der Waals surface area contributed by atoms with E-state index in [2.05, 4.69) is 17.3 Å². The van der Waals surface area contributed by atoms with E-state index < -0.39 is 17.7 Å². The zero-order chi connectivity index (χ0) is 21.3. The molecule has 1 aromatic carbocycles. The first-order chi connectivity index (χ1) is 14.5. The second-order valence-electron chi connectivity index (χ2n) is 7.53. The van der Waals surface area contributed by atoms with E-state index in [4.69, 9.17) is 17.0 Å². The molecule has 4 rings (SSSR count). The summed E-state index contributed by atoms with van der Waals surface area (Å²) in [6.45, 7) is 0. The lowest BCUT2D eigenvalue weighted by atomic mass is 9.74. The summed E-state index contributed by atoms with van der Waals surface area (Å²) in [6, 6.07) is 16.4. The van der Waals surface area contributed by atoms with Gasteiger partial charge in [-0.1, -0.05) is 29.8 Å². The smallest absolute Gasteiger partial charge is 0.216 e. The number of allylic oxidation sites excluding steroid dienone is 2. The van der Waals surface area contributed by atoms with Crippen LogP contribution in [0.2, 0.25) is 5.02 Å². The van der Waals surface area contributed by atoms with Gasteiger partial charge in [0.25, 0.3) is 0 Å². The average molecular weight is 417 g/mol. The number of halogens is 1. The van der Waals surface area contributed by atoms with E-state index in [0.29, 0.717) is 5.02 Å². The van der Waals surface area contributed by atoms with Crippen LogP contribution in [-0.4, -0.2) is 16.7 Å². The lowest BCUT2D eigenvalue weighted by Crippen LogP contribution is -2.66. The van der Waals surface area contributed by atoms with Crippen LogP contribution in [0.15, 0.2) is 71.7 Å². The van der Waals surface area contributed by atoms with Crippen LogP contribution < -0.4 is 9.88 Å². The van der Waals surface area contributed by atoms with Crippen LogP contribution in [0.3, 0.4) is 0 Å². The first kappa shape index (κ1) is 19.9. The molecule has 148 valence electrons. The standard InChI is InChI=1S/C23H19ClN5O/c24-18-8-4-15(5-9-18)20-19(14-27)21(16(12-25)13-26)28-23(30,17-6-7-17)22(20)29-10-2-1-3-11-29/h1-5,8-11,17,20,22,25,28,30H,6-7H2/q+1/t20-,22+,23+/m1/s1. The van der Waals surface area contributed by atoms with Gasteiger partial charge in [-0.2, -0.15) is 15.1 Å². The molecule has 7 heteroatoms. The Labute approximate surface area is 179 Å². The molecule has 0 amide bonds. The highest BCUT2D eigenvalue weighted by Gasteiger charge is 2.61. The Kier molecular flexibility index (Phi) is 5.16. The molecule has 2 aliphatic rings. The zero-order valence-corrected chi connectivity index (χ0v) is 16.8. The summed E-state index contributed by atoms with van der Waals surface area (Å²) < 4.78 is 1.90. The quantitative estimate of drug-likeness (QED) is 0.404. The topological polar surface area (TPSA) is 108 Å². The highest BCUT2D eigenvalue weighted by molar-refractivity contribution is 6.30. The number of benzene rings is 1. The molecule has 6 nitrogen and oxygen atoms in total. The van der Waals surface area contributed by atoms with E-state index in [1.54, 1.807) is 12.1 Å². The molecule has 0 bridgehead atoms. The Morgan fingerprint density at radius 1 is 1.17 bits per heavy atom. The summed E-state index contributed by atoms with van der Waals surface area (Å²) >= 11 is 6.09. The highest BCUT2D eigenvalue weighted by atomic mass is 35.5. The number of nitriles is 2. The van der Waals surface area contributed by atoms with Crippen molar-refractivity contribution in [1.82, 2.24) is 5.32 Å². The van der Waals surface area contributed by atoms with Crippen LogP contribution >= 0.6 is 11.6 Å². The van der Waals surface area contributed by atoms with Gasteiger partial charge in [0, 0.05) is 23.1 Å². The van der Waals surface area contributed by atoms with Crippen molar-refractivity contribution in [2.24, 2.45) is 5.92 Å². The van der Waals surface area contributed by atoms with Crippen LogP contribution in [0.25, 0.3) is 0 Å². The van der Waals surface area contributed by atoms with Gasteiger partial charge in [-0.25, -0.2) is 0 Å². The molecule has 1 fully saturated rings. The molecule has 0 saturated heterocycles.